The minimum absolute atomic E-state index is 0.138. The number of aromatic amines is 1. The highest BCUT2D eigenvalue weighted by Crippen LogP contribution is 2.39. The Morgan fingerprint density at radius 3 is 2.34 bits per heavy atom. The Morgan fingerprint density at radius 1 is 1.10 bits per heavy atom. The van der Waals surface area contributed by atoms with E-state index >= 15 is 0 Å². The molecule has 3 rings (SSSR count). The lowest BCUT2D eigenvalue weighted by Crippen LogP contribution is -2.17. The van der Waals surface area contributed by atoms with Crippen LogP contribution < -0.4 is 5.56 Å². The quantitative estimate of drug-likeness (QED) is 0.383. The maximum absolute atomic E-state index is 12.7. The Kier molecular flexibility index (Phi) is 4.96. The molecule has 0 bridgehead atoms. The van der Waals surface area contributed by atoms with Gasteiger partial charge in [0.15, 0.2) is 0 Å². The molecule has 0 aliphatic rings. The van der Waals surface area contributed by atoms with Crippen LogP contribution in [-0.2, 0) is 0 Å². The van der Waals surface area contributed by atoms with Gasteiger partial charge in [0.25, 0.3) is 11.2 Å². The van der Waals surface area contributed by atoms with Crippen molar-refractivity contribution in [3.63, 3.8) is 0 Å². The zero-order chi connectivity index (χ0) is 21.3. The minimum Gasteiger partial charge on any atom is -0.501 e. The number of aliphatic imine (C=N–C) groups is 1. The predicted molar refractivity (Wildman–Crippen MR) is 105 cm³/mol. The van der Waals surface area contributed by atoms with E-state index < -0.39 is 38.2 Å². The number of aromatic nitrogens is 2. The molecule has 0 atom stereocenters. The van der Waals surface area contributed by atoms with Crippen molar-refractivity contribution in [1.82, 2.24) is 9.78 Å². The molecule has 148 valence electrons. The van der Waals surface area contributed by atoms with E-state index in [1.807, 2.05) is 19.1 Å². The van der Waals surface area contributed by atoms with Crippen molar-refractivity contribution >= 4 is 23.3 Å². The van der Waals surface area contributed by atoms with Gasteiger partial charge in [-0.3, -0.25) is 35.1 Å². The maximum Gasteiger partial charge on any atom is 0.319 e. The first-order valence-electron chi connectivity index (χ1n) is 8.27. The van der Waals surface area contributed by atoms with E-state index in [-0.39, 0.29) is 5.56 Å². The third kappa shape index (κ3) is 3.74. The monoisotopic (exact) mass is 397 g/mol. The molecule has 1 aromatic heterocycles. The molecule has 2 N–H and O–H groups in total. The number of hydrogen-bond donors (Lipinski definition) is 2. The number of nitro groups is 2. The molecule has 0 unspecified atom stereocenters. The third-order valence-corrected chi connectivity index (χ3v) is 4.20. The predicted octanol–water partition coefficient (Wildman–Crippen LogP) is 3.06. The highest BCUT2D eigenvalue weighted by atomic mass is 16.6. The average Bonchev–Trinajstić information content (AvgIpc) is 2.95. The van der Waals surface area contributed by atoms with Gasteiger partial charge in [0, 0.05) is 18.0 Å². The van der Waals surface area contributed by atoms with Crippen LogP contribution in [0.5, 0.6) is 5.75 Å². The second-order valence-corrected chi connectivity index (χ2v) is 6.23. The van der Waals surface area contributed by atoms with Gasteiger partial charge in [-0.1, -0.05) is 17.7 Å². The fourth-order valence-corrected chi connectivity index (χ4v) is 2.65. The third-order valence-electron chi connectivity index (χ3n) is 4.20. The molecule has 0 spiro atoms. The Bertz CT molecular complexity index is 1210. The van der Waals surface area contributed by atoms with Crippen LogP contribution in [0.4, 0.5) is 17.1 Å². The molecule has 0 aliphatic heterocycles. The Labute approximate surface area is 162 Å². The van der Waals surface area contributed by atoms with Crippen LogP contribution in [-0.4, -0.2) is 30.9 Å². The van der Waals surface area contributed by atoms with Crippen molar-refractivity contribution in [3.8, 4) is 11.4 Å². The number of phenols is 1. The van der Waals surface area contributed by atoms with Crippen molar-refractivity contribution in [3.05, 3.63) is 83.8 Å². The van der Waals surface area contributed by atoms with Crippen molar-refractivity contribution in [2.75, 3.05) is 0 Å². The number of H-pyrrole nitrogens is 1. The summed E-state index contributed by atoms with van der Waals surface area (Å²) in [6, 6.07) is 8.71. The Balaban J connectivity index is 2.07. The molecule has 11 heteroatoms. The van der Waals surface area contributed by atoms with Crippen LogP contribution in [0.15, 0.2) is 46.2 Å². The smallest absolute Gasteiger partial charge is 0.319 e. The largest absolute Gasteiger partial charge is 0.501 e. The molecule has 1 heterocycles. The lowest BCUT2D eigenvalue weighted by molar-refractivity contribution is -0.394. The summed E-state index contributed by atoms with van der Waals surface area (Å²) in [4.78, 5) is 36.8. The van der Waals surface area contributed by atoms with Gasteiger partial charge in [0.1, 0.15) is 5.69 Å². The molecule has 0 saturated heterocycles. The average molecular weight is 397 g/mol. The number of nitrogens with one attached hydrogen (secondary N) is 1. The van der Waals surface area contributed by atoms with E-state index in [0.717, 1.165) is 17.8 Å². The fraction of sp³-hybridized carbons (Fsp3) is 0.111. The Morgan fingerprint density at radius 2 is 1.76 bits per heavy atom. The van der Waals surface area contributed by atoms with Crippen molar-refractivity contribution in [1.29, 1.82) is 0 Å². The molecule has 11 nitrogen and oxygen atoms in total. The topological polar surface area (TPSA) is 157 Å². The lowest BCUT2D eigenvalue weighted by atomic mass is 10.2. The summed E-state index contributed by atoms with van der Waals surface area (Å²) in [5, 5.41) is 34.9. The summed E-state index contributed by atoms with van der Waals surface area (Å²) < 4.78 is 1.30. The van der Waals surface area contributed by atoms with Gasteiger partial charge in [-0.25, -0.2) is 4.68 Å². The number of rotatable bonds is 5. The van der Waals surface area contributed by atoms with Gasteiger partial charge < -0.3 is 5.11 Å². The van der Waals surface area contributed by atoms with Crippen LogP contribution in [0.1, 0.15) is 16.8 Å². The summed E-state index contributed by atoms with van der Waals surface area (Å²) in [5.74, 6) is -0.830. The van der Waals surface area contributed by atoms with Gasteiger partial charge in [-0.2, -0.15) is 0 Å². The lowest BCUT2D eigenvalue weighted by Gasteiger charge is -2.01. The summed E-state index contributed by atoms with van der Waals surface area (Å²) in [7, 11) is 0. The van der Waals surface area contributed by atoms with Crippen molar-refractivity contribution in [2.24, 2.45) is 4.99 Å². The molecule has 3 aromatic rings. The number of non-ortho nitro benzene ring substituents is 1. The molecule has 0 radical (unpaired) electrons. The number of benzene rings is 2. The zero-order valence-corrected chi connectivity index (χ0v) is 15.3. The van der Waals surface area contributed by atoms with E-state index in [9.17, 15) is 30.1 Å². The van der Waals surface area contributed by atoms with Gasteiger partial charge in [-0.05, 0) is 26.0 Å². The minimum atomic E-state index is -0.951. The number of aryl methyl sites for hydroxylation is 2. The van der Waals surface area contributed by atoms with Gasteiger partial charge in [0.05, 0.1) is 27.2 Å². The van der Waals surface area contributed by atoms with Crippen molar-refractivity contribution in [2.45, 2.75) is 13.8 Å². The van der Waals surface area contributed by atoms with Crippen LogP contribution in [0.3, 0.4) is 0 Å². The zero-order valence-electron chi connectivity index (χ0n) is 15.3. The maximum atomic E-state index is 12.7. The number of hydrogen-bond acceptors (Lipinski definition) is 7. The molecule has 2 aromatic carbocycles. The summed E-state index contributed by atoms with van der Waals surface area (Å²) in [5.41, 5.74) is -0.0781. The number of nitrogens with zero attached hydrogens (tertiary/aromatic N) is 4. The second kappa shape index (κ2) is 7.38. The van der Waals surface area contributed by atoms with Crippen LogP contribution >= 0.6 is 0 Å². The van der Waals surface area contributed by atoms with Crippen LogP contribution in [0.2, 0.25) is 0 Å². The summed E-state index contributed by atoms with van der Waals surface area (Å²) in [6.07, 6.45) is 1.10. The first kappa shape index (κ1) is 19.5. The highest BCUT2D eigenvalue weighted by Gasteiger charge is 2.23. The summed E-state index contributed by atoms with van der Waals surface area (Å²) >= 11 is 0. The summed E-state index contributed by atoms with van der Waals surface area (Å²) in [6.45, 7) is 3.54. The second-order valence-electron chi connectivity index (χ2n) is 6.23. The first-order valence-corrected chi connectivity index (χ1v) is 8.27. The molecule has 0 amide bonds. The van der Waals surface area contributed by atoms with Gasteiger partial charge in [0.2, 0.25) is 5.75 Å². The van der Waals surface area contributed by atoms with Crippen LogP contribution in [0, 0.1) is 34.1 Å². The SMILES string of the molecule is Cc1ccc(-n2[nH]c(C)c(C=Nc3cc([N+](=O)[O-])cc([N+](=O)[O-])c3O)c2=O)cc1. The molecular weight excluding hydrogens is 382 g/mol. The molecular formula is C18H15N5O6. The molecule has 0 aliphatic carbocycles. The van der Waals surface area contributed by atoms with E-state index in [2.05, 4.69) is 10.1 Å². The number of nitro benzene ring substituents is 2. The number of phenolic OH excluding ortho intramolecular Hbond substituents is 1. The van der Waals surface area contributed by atoms with Crippen molar-refractivity contribution < 1.29 is 15.0 Å². The first-order chi connectivity index (χ1) is 13.7. The van der Waals surface area contributed by atoms with E-state index in [1.165, 1.54) is 4.68 Å². The van der Waals surface area contributed by atoms with E-state index in [4.69, 9.17) is 0 Å². The Hall–Kier alpha value is -4.28. The van der Waals surface area contributed by atoms with Gasteiger partial charge in [-0.15, -0.1) is 0 Å². The normalized spacial score (nSPS) is 11.1. The standard InChI is InChI=1S/C18H15N5O6/c1-10-3-5-12(6-4-10)21-18(25)14(11(2)20-21)9-19-15-7-13(22(26)27)8-16(17(15)24)23(28)29/h3-9,20,24H,1-2H3. The molecule has 29 heavy (non-hydrogen) atoms. The van der Waals surface area contributed by atoms with E-state index in [0.29, 0.717) is 17.4 Å². The van der Waals surface area contributed by atoms with Crippen LogP contribution in [0.25, 0.3) is 5.69 Å². The number of aromatic hydroxyl groups is 1. The van der Waals surface area contributed by atoms with E-state index in [1.54, 1.807) is 19.1 Å². The van der Waals surface area contributed by atoms with Gasteiger partial charge >= 0.3 is 5.69 Å². The molecule has 0 fully saturated rings. The fourth-order valence-electron chi connectivity index (χ4n) is 2.65. The highest BCUT2D eigenvalue weighted by molar-refractivity contribution is 5.85. The molecule has 0 saturated carbocycles.